The van der Waals surface area contributed by atoms with Crippen molar-refractivity contribution in [2.24, 2.45) is 0 Å². The summed E-state index contributed by atoms with van der Waals surface area (Å²) in [4.78, 5) is 16.5. The summed E-state index contributed by atoms with van der Waals surface area (Å²) in [5.41, 5.74) is 0.363. The number of carbonyl (C=O) groups is 1. The molecule has 7 nitrogen and oxygen atoms in total. The molecule has 1 aromatic heterocycles. The molecule has 0 unspecified atom stereocenters. The third kappa shape index (κ3) is 3.43. The van der Waals surface area contributed by atoms with E-state index in [1.807, 2.05) is 0 Å². The number of morpholine rings is 1. The van der Waals surface area contributed by atoms with E-state index in [0.29, 0.717) is 38.4 Å². The molecule has 1 amide bonds. The van der Waals surface area contributed by atoms with Gasteiger partial charge in [-0.3, -0.25) is 9.69 Å². The van der Waals surface area contributed by atoms with E-state index >= 15 is 0 Å². The molecule has 120 valence electrons. The molecule has 22 heavy (non-hydrogen) atoms. The lowest BCUT2D eigenvalue weighted by Crippen LogP contribution is -2.49. The van der Waals surface area contributed by atoms with Gasteiger partial charge < -0.3 is 14.7 Å². The zero-order valence-electron chi connectivity index (χ0n) is 12.6. The number of rotatable bonds is 2. The maximum atomic E-state index is 12.5. The van der Waals surface area contributed by atoms with Gasteiger partial charge in [0.25, 0.3) is 5.91 Å². The molecule has 0 bridgehead atoms. The Morgan fingerprint density at radius 2 is 2.00 bits per heavy atom. The smallest absolute Gasteiger partial charge is 0.274 e. The topological polar surface area (TPSA) is 78.8 Å². The summed E-state index contributed by atoms with van der Waals surface area (Å²) in [5.74, 6) is -0.108. The summed E-state index contributed by atoms with van der Waals surface area (Å²) >= 11 is 0. The molecular weight excluding hydrogens is 284 g/mol. The second kappa shape index (κ2) is 7.13. The zero-order chi connectivity index (χ0) is 15.4. The summed E-state index contributed by atoms with van der Waals surface area (Å²) in [6, 6.07) is 3.49. The third-order valence-electron chi connectivity index (χ3n) is 4.43. The average molecular weight is 306 g/mol. The third-order valence-corrected chi connectivity index (χ3v) is 4.43. The maximum absolute atomic E-state index is 12.5. The van der Waals surface area contributed by atoms with Gasteiger partial charge in [0.15, 0.2) is 5.69 Å². The molecule has 0 saturated carbocycles. The van der Waals surface area contributed by atoms with Crippen LogP contribution in [0.4, 0.5) is 0 Å². The van der Waals surface area contributed by atoms with Gasteiger partial charge in [-0.25, -0.2) is 0 Å². The van der Waals surface area contributed by atoms with Crippen LogP contribution in [0.1, 0.15) is 23.3 Å². The normalized spacial score (nSPS) is 27.4. The van der Waals surface area contributed by atoms with Gasteiger partial charge in [-0.05, 0) is 25.0 Å². The standard InChI is InChI=1S/C15H22N4O3/c20-14-4-7-19(15(21)12-2-1-5-16-17-12)6-3-13(14)18-8-10-22-11-9-18/h1-2,5,13-14,20H,3-4,6-11H2/t13-,14-/m0/s1. The number of aliphatic hydroxyl groups excluding tert-OH is 1. The second-order valence-electron chi connectivity index (χ2n) is 5.76. The highest BCUT2D eigenvalue weighted by atomic mass is 16.5. The fourth-order valence-electron chi connectivity index (χ4n) is 3.19. The van der Waals surface area contributed by atoms with Crippen molar-refractivity contribution in [3.63, 3.8) is 0 Å². The quantitative estimate of drug-likeness (QED) is 0.813. The Kier molecular flexibility index (Phi) is 4.97. The number of aliphatic hydroxyl groups is 1. The lowest BCUT2D eigenvalue weighted by molar-refractivity contribution is -0.0222. The molecule has 3 rings (SSSR count). The molecule has 7 heteroatoms. The molecular formula is C15H22N4O3. The lowest BCUT2D eigenvalue weighted by atomic mass is 10.0. The SMILES string of the molecule is O=C(c1cccnn1)N1CC[C@H](O)[C@@H](N2CCOCC2)CC1. The first-order valence-electron chi connectivity index (χ1n) is 7.82. The van der Waals surface area contributed by atoms with E-state index in [4.69, 9.17) is 4.74 Å². The van der Waals surface area contributed by atoms with Crippen molar-refractivity contribution >= 4 is 5.91 Å². The highest BCUT2D eigenvalue weighted by molar-refractivity contribution is 5.92. The molecule has 1 aromatic rings. The largest absolute Gasteiger partial charge is 0.391 e. The predicted molar refractivity (Wildman–Crippen MR) is 79.4 cm³/mol. The Morgan fingerprint density at radius 1 is 1.23 bits per heavy atom. The number of hydrogen-bond acceptors (Lipinski definition) is 6. The van der Waals surface area contributed by atoms with Crippen molar-refractivity contribution in [1.82, 2.24) is 20.0 Å². The number of nitrogens with zero attached hydrogens (tertiary/aromatic N) is 4. The van der Waals surface area contributed by atoms with Crippen molar-refractivity contribution in [3.05, 3.63) is 24.0 Å². The molecule has 0 aliphatic carbocycles. The van der Waals surface area contributed by atoms with Gasteiger partial charge in [-0.2, -0.15) is 5.10 Å². The van der Waals surface area contributed by atoms with E-state index in [2.05, 4.69) is 15.1 Å². The molecule has 2 atom stereocenters. The number of ether oxygens (including phenoxy) is 1. The first-order chi connectivity index (χ1) is 10.8. The Morgan fingerprint density at radius 3 is 2.73 bits per heavy atom. The van der Waals surface area contributed by atoms with Crippen LogP contribution in [0.3, 0.4) is 0 Å². The second-order valence-corrected chi connectivity index (χ2v) is 5.76. The van der Waals surface area contributed by atoms with Gasteiger partial charge in [-0.1, -0.05) is 0 Å². The van der Waals surface area contributed by atoms with E-state index in [-0.39, 0.29) is 11.9 Å². The van der Waals surface area contributed by atoms with Gasteiger partial charge in [0.05, 0.1) is 19.3 Å². The Balaban J connectivity index is 1.64. The van der Waals surface area contributed by atoms with Crippen molar-refractivity contribution in [2.45, 2.75) is 25.0 Å². The predicted octanol–water partition coefficient (Wildman–Crippen LogP) is -0.226. The molecule has 2 aliphatic rings. The first-order valence-corrected chi connectivity index (χ1v) is 7.82. The Hall–Kier alpha value is -1.57. The minimum absolute atomic E-state index is 0.101. The first kappa shape index (κ1) is 15.3. The zero-order valence-corrected chi connectivity index (χ0v) is 12.6. The summed E-state index contributed by atoms with van der Waals surface area (Å²) in [6.07, 6.45) is 2.51. The molecule has 1 N–H and O–H groups in total. The molecule has 2 fully saturated rings. The molecule has 2 saturated heterocycles. The number of carbonyl (C=O) groups excluding carboxylic acids is 1. The van der Waals surface area contributed by atoms with E-state index < -0.39 is 6.10 Å². The highest BCUT2D eigenvalue weighted by Gasteiger charge is 2.32. The van der Waals surface area contributed by atoms with Crippen molar-refractivity contribution in [3.8, 4) is 0 Å². The fourth-order valence-corrected chi connectivity index (χ4v) is 3.19. The van der Waals surface area contributed by atoms with E-state index in [1.165, 1.54) is 0 Å². The average Bonchev–Trinajstić information content (AvgIpc) is 2.78. The number of aromatic nitrogens is 2. The van der Waals surface area contributed by atoms with Gasteiger partial charge >= 0.3 is 0 Å². The van der Waals surface area contributed by atoms with Crippen LogP contribution in [0.15, 0.2) is 18.3 Å². The van der Waals surface area contributed by atoms with Crippen LogP contribution in [-0.2, 0) is 4.74 Å². The Bertz CT molecular complexity index is 493. The van der Waals surface area contributed by atoms with Crippen LogP contribution in [0.2, 0.25) is 0 Å². The van der Waals surface area contributed by atoms with Crippen LogP contribution >= 0.6 is 0 Å². The minimum Gasteiger partial charge on any atom is -0.391 e. The molecule has 0 spiro atoms. The summed E-state index contributed by atoms with van der Waals surface area (Å²) in [7, 11) is 0. The van der Waals surface area contributed by atoms with Crippen LogP contribution in [-0.4, -0.2) is 82.5 Å². The van der Waals surface area contributed by atoms with E-state index in [1.54, 1.807) is 23.2 Å². The number of hydrogen-bond donors (Lipinski definition) is 1. The van der Waals surface area contributed by atoms with Crippen molar-refractivity contribution < 1.29 is 14.6 Å². The minimum atomic E-state index is -0.405. The fraction of sp³-hybridized carbons (Fsp3) is 0.667. The van der Waals surface area contributed by atoms with Gasteiger partial charge in [-0.15, -0.1) is 5.10 Å². The van der Waals surface area contributed by atoms with Crippen molar-refractivity contribution in [1.29, 1.82) is 0 Å². The maximum Gasteiger partial charge on any atom is 0.274 e. The van der Waals surface area contributed by atoms with Crippen LogP contribution in [0.5, 0.6) is 0 Å². The van der Waals surface area contributed by atoms with Crippen LogP contribution in [0, 0.1) is 0 Å². The number of amides is 1. The Labute approximate surface area is 129 Å². The van der Waals surface area contributed by atoms with Crippen molar-refractivity contribution in [2.75, 3.05) is 39.4 Å². The summed E-state index contributed by atoms with van der Waals surface area (Å²) in [6.45, 7) is 4.31. The van der Waals surface area contributed by atoms with E-state index in [0.717, 1.165) is 19.5 Å². The lowest BCUT2D eigenvalue weighted by Gasteiger charge is -2.36. The van der Waals surface area contributed by atoms with Gasteiger partial charge in [0.1, 0.15) is 0 Å². The van der Waals surface area contributed by atoms with Crippen LogP contribution < -0.4 is 0 Å². The summed E-state index contributed by atoms with van der Waals surface area (Å²) < 4.78 is 5.37. The van der Waals surface area contributed by atoms with Gasteiger partial charge in [0.2, 0.25) is 0 Å². The van der Waals surface area contributed by atoms with E-state index in [9.17, 15) is 9.90 Å². The number of likely N-dealkylation sites (tertiary alicyclic amines) is 1. The molecule has 3 heterocycles. The summed E-state index contributed by atoms with van der Waals surface area (Å²) in [5, 5.41) is 18.1. The van der Waals surface area contributed by atoms with Crippen LogP contribution in [0.25, 0.3) is 0 Å². The van der Waals surface area contributed by atoms with Gasteiger partial charge in [0, 0.05) is 38.4 Å². The molecule has 0 aromatic carbocycles. The monoisotopic (exact) mass is 306 g/mol. The molecule has 2 aliphatic heterocycles. The molecule has 0 radical (unpaired) electrons. The highest BCUT2D eigenvalue weighted by Crippen LogP contribution is 2.19.